The molecular formula is C11H21N3O2. The van der Waals surface area contributed by atoms with Gasteiger partial charge in [-0.15, -0.1) is 0 Å². The van der Waals surface area contributed by atoms with Gasteiger partial charge in [-0.05, 0) is 25.2 Å². The molecule has 1 unspecified atom stereocenters. The molecule has 2 atom stereocenters. The van der Waals surface area contributed by atoms with Crippen LogP contribution in [0.1, 0.15) is 33.1 Å². The molecule has 1 saturated heterocycles. The van der Waals surface area contributed by atoms with Crippen LogP contribution in [-0.2, 0) is 9.59 Å². The summed E-state index contributed by atoms with van der Waals surface area (Å²) in [6.45, 7) is 4.63. The fourth-order valence-electron chi connectivity index (χ4n) is 2.15. The summed E-state index contributed by atoms with van der Waals surface area (Å²) < 4.78 is 0. The van der Waals surface area contributed by atoms with E-state index in [1.165, 1.54) is 4.90 Å². The van der Waals surface area contributed by atoms with E-state index in [1.54, 1.807) is 0 Å². The van der Waals surface area contributed by atoms with Crippen molar-refractivity contribution in [3.63, 3.8) is 0 Å². The Labute approximate surface area is 96.1 Å². The van der Waals surface area contributed by atoms with Crippen LogP contribution in [0.5, 0.6) is 0 Å². The van der Waals surface area contributed by atoms with Gasteiger partial charge in [-0.3, -0.25) is 9.59 Å². The Kier molecular flexibility index (Phi) is 4.29. The fraction of sp³-hybridized carbons (Fsp3) is 0.818. The van der Waals surface area contributed by atoms with Gasteiger partial charge in [0.2, 0.25) is 11.8 Å². The highest BCUT2D eigenvalue weighted by atomic mass is 16.2. The largest absolute Gasteiger partial charge is 0.368 e. The Morgan fingerprint density at radius 2 is 2.06 bits per heavy atom. The van der Waals surface area contributed by atoms with Crippen LogP contribution in [0, 0.1) is 5.92 Å². The highest BCUT2D eigenvalue weighted by molar-refractivity contribution is 5.89. The second kappa shape index (κ2) is 5.30. The van der Waals surface area contributed by atoms with Gasteiger partial charge in [0.25, 0.3) is 0 Å². The molecule has 1 aliphatic rings. The van der Waals surface area contributed by atoms with Crippen LogP contribution in [0.25, 0.3) is 0 Å². The van der Waals surface area contributed by atoms with E-state index in [4.69, 9.17) is 11.5 Å². The lowest BCUT2D eigenvalue weighted by Crippen LogP contribution is -2.50. The quantitative estimate of drug-likeness (QED) is 0.699. The maximum Gasteiger partial charge on any atom is 0.240 e. The Balaban J connectivity index is 2.62. The first-order chi connectivity index (χ1) is 7.43. The van der Waals surface area contributed by atoms with E-state index >= 15 is 0 Å². The molecule has 2 amide bonds. The third-order valence-corrected chi connectivity index (χ3v) is 2.91. The minimum absolute atomic E-state index is 0.144. The highest BCUT2D eigenvalue weighted by Gasteiger charge is 2.34. The third kappa shape index (κ3) is 2.95. The van der Waals surface area contributed by atoms with E-state index in [2.05, 4.69) is 0 Å². The van der Waals surface area contributed by atoms with Crippen LogP contribution in [0.3, 0.4) is 0 Å². The van der Waals surface area contributed by atoms with Crippen molar-refractivity contribution < 1.29 is 9.59 Å². The second-order valence-electron chi connectivity index (χ2n) is 4.83. The molecule has 0 bridgehead atoms. The molecule has 1 aliphatic heterocycles. The smallest absolute Gasteiger partial charge is 0.240 e. The summed E-state index contributed by atoms with van der Waals surface area (Å²) in [6.07, 6.45) is 2.13. The van der Waals surface area contributed by atoms with Gasteiger partial charge in [-0.1, -0.05) is 13.8 Å². The van der Waals surface area contributed by atoms with Crippen LogP contribution < -0.4 is 11.5 Å². The van der Waals surface area contributed by atoms with E-state index in [1.807, 2.05) is 13.8 Å². The van der Waals surface area contributed by atoms with Gasteiger partial charge >= 0.3 is 0 Å². The van der Waals surface area contributed by atoms with E-state index < -0.39 is 18.0 Å². The number of hydrogen-bond donors (Lipinski definition) is 2. The molecule has 5 heteroatoms. The normalized spacial score (nSPS) is 22.5. The first-order valence-corrected chi connectivity index (χ1v) is 5.79. The lowest BCUT2D eigenvalue weighted by atomic mass is 10.0. The van der Waals surface area contributed by atoms with Gasteiger partial charge in [0.05, 0.1) is 6.04 Å². The molecule has 16 heavy (non-hydrogen) atoms. The summed E-state index contributed by atoms with van der Waals surface area (Å²) in [5, 5.41) is 0. The fourth-order valence-corrected chi connectivity index (χ4v) is 2.15. The standard InChI is InChI=1S/C11H21N3O2/c1-7(2)6-8(12)11(16)14-5-3-4-9(14)10(13)15/h7-9H,3-6,12H2,1-2H3,(H2,13,15)/t8-,9?/m0/s1. The molecule has 1 rings (SSSR count). The number of carbonyl (C=O) groups excluding carboxylic acids is 2. The van der Waals surface area contributed by atoms with E-state index in [0.29, 0.717) is 25.3 Å². The zero-order valence-electron chi connectivity index (χ0n) is 9.98. The van der Waals surface area contributed by atoms with Crippen molar-refractivity contribution in [3.8, 4) is 0 Å². The van der Waals surface area contributed by atoms with Crippen molar-refractivity contribution in [1.82, 2.24) is 4.90 Å². The van der Waals surface area contributed by atoms with Crippen LogP contribution in [-0.4, -0.2) is 35.3 Å². The SMILES string of the molecule is CC(C)C[C@H](N)C(=O)N1CCCC1C(N)=O. The maximum absolute atomic E-state index is 12.0. The number of carbonyl (C=O) groups is 2. The van der Waals surface area contributed by atoms with Crippen molar-refractivity contribution in [2.45, 2.75) is 45.2 Å². The van der Waals surface area contributed by atoms with Crippen molar-refractivity contribution in [3.05, 3.63) is 0 Å². The molecule has 0 saturated carbocycles. The summed E-state index contributed by atoms with van der Waals surface area (Å²) in [6, 6.07) is -0.967. The number of amides is 2. The summed E-state index contributed by atoms with van der Waals surface area (Å²) in [7, 11) is 0. The Morgan fingerprint density at radius 3 is 2.56 bits per heavy atom. The van der Waals surface area contributed by atoms with E-state index in [9.17, 15) is 9.59 Å². The van der Waals surface area contributed by atoms with Gasteiger partial charge in [0, 0.05) is 6.54 Å². The number of primary amides is 1. The molecule has 92 valence electrons. The molecule has 0 aromatic carbocycles. The highest BCUT2D eigenvalue weighted by Crippen LogP contribution is 2.18. The van der Waals surface area contributed by atoms with Crippen LogP contribution in [0.4, 0.5) is 0 Å². The molecule has 0 radical (unpaired) electrons. The topological polar surface area (TPSA) is 89.4 Å². The van der Waals surface area contributed by atoms with Crippen molar-refractivity contribution in [2.24, 2.45) is 17.4 Å². The number of hydrogen-bond acceptors (Lipinski definition) is 3. The number of nitrogens with zero attached hydrogens (tertiary/aromatic N) is 1. The Morgan fingerprint density at radius 1 is 1.44 bits per heavy atom. The molecule has 0 aliphatic carbocycles. The summed E-state index contributed by atoms with van der Waals surface area (Å²) >= 11 is 0. The molecule has 1 fully saturated rings. The number of nitrogens with two attached hydrogens (primary N) is 2. The molecule has 1 heterocycles. The zero-order chi connectivity index (χ0) is 12.3. The van der Waals surface area contributed by atoms with E-state index in [0.717, 1.165) is 6.42 Å². The lowest BCUT2D eigenvalue weighted by Gasteiger charge is -2.26. The van der Waals surface area contributed by atoms with Crippen molar-refractivity contribution in [2.75, 3.05) is 6.54 Å². The average molecular weight is 227 g/mol. The molecular weight excluding hydrogens is 206 g/mol. The molecule has 0 aromatic rings. The number of rotatable bonds is 4. The molecule has 4 N–H and O–H groups in total. The molecule has 0 aromatic heterocycles. The Hall–Kier alpha value is -1.10. The van der Waals surface area contributed by atoms with Crippen molar-refractivity contribution in [1.29, 1.82) is 0 Å². The predicted octanol–water partition coefficient (Wildman–Crippen LogP) is -0.164. The van der Waals surface area contributed by atoms with Crippen LogP contribution in [0.2, 0.25) is 0 Å². The lowest BCUT2D eigenvalue weighted by molar-refractivity contribution is -0.138. The summed E-state index contributed by atoms with van der Waals surface area (Å²) in [5.41, 5.74) is 11.1. The van der Waals surface area contributed by atoms with Gasteiger partial charge < -0.3 is 16.4 Å². The average Bonchev–Trinajstić information content (AvgIpc) is 2.63. The minimum atomic E-state index is -0.514. The Bertz CT molecular complexity index is 278. The maximum atomic E-state index is 12.0. The monoisotopic (exact) mass is 227 g/mol. The third-order valence-electron chi connectivity index (χ3n) is 2.91. The molecule has 5 nitrogen and oxygen atoms in total. The first kappa shape index (κ1) is 13.0. The van der Waals surface area contributed by atoms with E-state index in [-0.39, 0.29) is 5.91 Å². The predicted molar refractivity (Wildman–Crippen MR) is 61.4 cm³/mol. The van der Waals surface area contributed by atoms with Crippen LogP contribution in [0.15, 0.2) is 0 Å². The molecule has 0 spiro atoms. The summed E-state index contributed by atoms with van der Waals surface area (Å²) in [5.74, 6) is -0.203. The summed E-state index contributed by atoms with van der Waals surface area (Å²) in [4.78, 5) is 24.7. The van der Waals surface area contributed by atoms with Crippen molar-refractivity contribution >= 4 is 11.8 Å². The van der Waals surface area contributed by atoms with Gasteiger partial charge in [-0.2, -0.15) is 0 Å². The first-order valence-electron chi connectivity index (χ1n) is 5.79. The number of likely N-dealkylation sites (tertiary alicyclic amines) is 1. The van der Waals surface area contributed by atoms with Gasteiger partial charge in [0.15, 0.2) is 0 Å². The minimum Gasteiger partial charge on any atom is -0.368 e. The zero-order valence-corrected chi connectivity index (χ0v) is 9.98. The second-order valence-corrected chi connectivity index (χ2v) is 4.83. The van der Waals surface area contributed by atoms with Crippen LogP contribution >= 0.6 is 0 Å². The van der Waals surface area contributed by atoms with Gasteiger partial charge in [0.1, 0.15) is 6.04 Å². The van der Waals surface area contributed by atoms with Gasteiger partial charge in [-0.25, -0.2) is 0 Å².